The number of hydrogen-bond acceptors (Lipinski definition) is 2. The molecule has 0 spiro atoms. The molecule has 0 bridgehead atoms. The smallest absolute Gasteiger partial charge is 0.226 e. The number of rotatable bonds is 3. The number of nitrogens with two attached hydrogens (primary N) is 1. The fourth-order valence-corrected chi connectivity index (χ4v) is 2.70. The SMILES string of the molecule is NC1(CC(=O)Nc2cc(Cl)ccc2Cl)CCCC1. The Morgan fingerprint density at radius 1 is 1.33 bits per heavy atom. The molecule has 0 radical (unpaired) electrons. The molecule has 1 saturated carbocycles. The van der Waals surface area contributed by atoms with E-state index in [-0.39, 0.29) is 11.4 Å². The van der Waals surface area contributed by atoms with Gasteiger partial charge in [-0.2, -0.15) is 0 Å². The highest BCUT2D eigenvalue weighted by molar-refractivity contribution is 6.35. The van der Waals surface area contributed by atoms with Gasteiger partial charge in [0.25, 0.3) is 0 Å². The molecule has 3 nitrogen and oxygen atoms in total. The lowest BCUT2D eigenvalue weighted by Crippen LogP contribution is -2.40. The van der Waals surface area contributed by atoms with Gasteiger partial charge in [0.2, 0.25) is 5.91 Å². The molecular formula is C13H16Cl2N2O. The third-order valence-corrected chi connectivity index (χ3v) is 3.88. The molecule has 0 aliphatic heterocycles. The molecule has 3 N–H and O–H groups in total. The highest BCUT2D eigenvalue weighted by atomic mass is 35.5. The fraction of sp³-hybridized carbons (Fsp3) is 0.462. The molecule has 1 aromatic carbocycles. The van der Waals surface area contributed by atoms with Crippen molar-refractivity contribution in [2.75, 3.05) is 5.32 Å². The van der Waals surface area contributed by atoms with E-state index >= 15 is 0 Å². The zero-order valence-electron chi connectivity index (χ0n) is 10.0. The topological polar surface area (TPSA) is 55.1 Å². The van der Waals surface area contributed by atoms with Crippen LogP contribution in [-0.4, -0.2) is 11.4 Å². The fourth-order valence-electron chi connectivity index (χ4n) is 2.36. The molecule has 1 fully saturated rings. The van der Waals surface area contributed by atoms with Crippen molar-refractivity contribution in [3.8, 4) is 0 Å². The number of hydrogen-bond donors (Lipinski definition) is 2. The van der Waals surface area contributed by atoms with Crippen LogP contribution in [0.5, 0.6) is 0 Å². The maximum Gasteiger partial charge on any atom is 0.226 e. The van der Waals surface area contributed by atoms with Crippen LogP contribution in [0.1, 0.15) is 32.1 Å². The predicted octanol–water partition coefficient (Wildman–Crippen LogP) is 3.59. The van der Waals surface area contributed by atoms with Crippen molar-refractivity contribution in [1.82, 2.24) is 0 Å². The Hall–Kier alpha value is -0.770. The summed E-state index contributed by atoms with van der Waals surface area (Å²) in [7, 11) is 0. The van der Waals surface area contributed by atoms with Crippen LogP contribution < -0.4 is 11.1 Å². The van der Waals surface area contributed by atoms with E-state index in [0.717, 1.165) is 25.7 Å². The van der Waals surface area contributed by atoms with Gasteiger partial charge in [0, 0.05) is 17.0 Å². The zero-order valence-corrected chi connectivity index (χ0v) is 11.5. The summed E-state index contributed by atoms with van der Waals surface area (Å²) >= 11 is 11.9. The molecule has 18 heavy (non-hydrogen) atoms. The van der Waals surface area contributed by atoms with Gasteiger partial charge in [-0.05, 0) is 31.0 Å². The number of carbonyl (C=O) groups excluding carboxylic acids is 1. The van der Waals surface area contributed by atoms with Crippen molar-refractivity contribution < 1.29 is 4.79 Å². The summed E-state index contributed by atoms with van der Waals surface area (Å²) in [5, 5.41) is 3.78. The van der Waals surface area contributed by atoms with Crippen LogP contribution in [0, 0.1) is 0 Å². The lowest BCUT2D eigenvalue weighted by atomic mass is 9.94. The van der Waals surface area contributed by atoms with Crippen molar-refractivity contribution in [3.05, 3.63) is 28.2 Å². The minimum atomic E-state index is -0.352. The van der Waals surface area contributed by atoms with Crippen molar-refractivity contribution >= 4 is 34.8 Å². The van der Waals surface area contributed by atoms with Gasteiger partial charge in [-0.25, -0.2) is 0 Å². The number of anilines is 1. The minimum absolute atomic E-state index is 0.108. The number of amides is 1. The molecule has 1 aliphatic rings. The third-order valence-electron chi connectivity index (χ3n) is 3.31. The Labute approximate surface area is 117 Å². The maximum absolute atomic E-state index is 11.9. The molecule has 0 unspecified atom stereocenters. The number of benzene rings is 1. The van der Waals surface area contributed by atoms with E-state index in [4.69, 9.17) is 28.9 Å². The van der Waals surface area contributed by atoms with E-state index < -0.39 is 0 Å². The third kappa shape index (κ3) is 3.37. The maximum atomic E-state index is 11.9. The number of halogens is 2. The Kier molecular flexibility index (Phi) is 4.15. The van der Waals surface area contributed by atoms with Gasteiger partial charge in [0.05, 0.1) is 10.7 Å². The first kappa shape index (κ1) is 13.7. The van der Waals surface area contributed by atoms with Gasteiger partial charge in [-0.1, -0.05) is 36.0 Å². The van der Waals surface area contributed by atoms with E-state index in [2.05, 4.69) is 5.32 Å². The van der Waals surface area contributed by atoms with Crippen molar-refractivity contribution in [1.29, 1.82) is 0 Å². The van der Waals surface area contributed by atoms with Crippen LogP contribution in [0.4, 0.5) is 5.69 Å². The highest BCUT2D eigenvalue weighted by Crippen LogP contribution is 2.31. The quantitative estimate of drug-likeness (QED) is 0.892. The molecule has 0 atom stereocenters. The van der Waals surface area contributed by atoms with Gasteiger partial charge in [-0.15, -0.1) is 0 Å². The largest absolute Gasteiger partial charge is 0.325 e. The molecule has 1 amide bonds. The van der Waals surface area contributed by atoms with E-state index in [1.54, 1.807) is 18.2 Å². The van der Waals surface area contributed by atoms with Crippen LogP contribution >= 0.6 is 23.2 Å². The Bertz CT molecular complexity index is 456. The Morgan fingerprint density at radius 3 is 2.67 bits per heavy atom. The van der Waals surface area contributed by atoms with Gasteiger partial charge in [0.1, 0.15) is 0 Å². The molecule has 0 aromatic heterocycles. The molecule has 1 aromatic rings. The molecule has 0 saturated heterocycles. The van der Waals surface area contributed by atoms with Crippen LogP contribution in [0.15, 0.2) is 18.2 Å². The van der Waals surface area contributed by atoms with E-state index in [9.17, 15) is 4.79 Å². The summed E-state index contributed by atoms with van der Waals surface area (Å²) in [5.41, 5.74) is 6.35. The zero-order chi connectivity index (χ0) is 13.2. The summed E-state index contributed by atoms with van der Waals surface area (Å²) in [4.78, 5) is 11.9. The van der Waals surface area contributed by atoms with Crippen LogP contribution in [0.25, 0.3) is 0 Å². The minimum Gasteiger partial charge on any atom is -0.325 e. The number of nitrogens with one attached hydrogen (secondary N) is 1. The van der Waals surface area contributed by atoms with Crippen LogP contribution in [0.2, 0.25) is 10.0 Å². The average molecular weight is 287 g/mol. The highest BCUT2D eigenvalue weighted by Gasteiger charge is 2.31. The van der Waals surface area contributed by atoms with Gasteiger partial charge >= 0.3 is 0 Å². The molecule has 0 heterocycles. The lowest BCUT2D eigenvalue weighted by Gasteiger charge is -2.22. The summed E-state index contributed by atoms with van der Waals surface area (Å²) < 4.78 is 0. The Morgan fingerprint density at radius 2 is 2.00 bits per heavy atom. The van der Waals surface area contributed by atoms with Gasteiger partial charge < -0.3 is 11.1 Å². The standard InChI is InChI=1S/C13H16Cl2N2O/c14-9-3-4-10(15)11(7-9)17-12(18)8-13(16)5-1-2-6-13/h3-4,7H,1-2,5-6,8,16H2,(H,17,18). The molecule has 98 valence electrons. The summed E-state index contributed by atoms with van der Waals surface area (Å²) in [5.74, 6) is -0.108. The van der Waals surface area contributed by atoms with Crippen LogP contribution in [0.3, 0.4) is 0 Å². The number of carbonyl (C=O) groups is 1. The second kappa shape index (κ2) is 5.47. The van der Waals surface area contributed by atoms with Crippen molar-refractivity contribution in [2.24, 2.45) is 5.73 Å². The molecule has 2 rings (SSSR count). The normalized spacial score (nSPS) is 17.7. The first-order valence-electron chi connectivity index (χ1n) is 6.02. The average Bonchev–Trinajstić information content (AvgIpc) is 2.70. The van der Waals surface area contributed by atoms with Crippen LogP contribution in [-0.2, 0) is 4.79 Å². The van der Waals surface area contributed by atoms with Crippen molar-refractivity contribution in [3.63, 3.8) is 0 Å². The van der Waals surface area contributed by atoms with Gasteiger partial charge in [-0.3, -0.25) is 4.79 Å². The van der Waals surface area contributed by atoms with Gasteiger partial charge in [0.15, 0.2) is 0 Å². The van der Waals surface area contributed by atoms with E-state index in [0.29, 0.717) is 22.2 Å². The lowest BCUT2D eigenvalue weighted by molar-refractivity contribution is -0.117. The monoisotopic (exact) mass is 286 g/mol. The molecule has 5 heteroatoms. The first-order chi connectivity index (χ1) is 8.48. The summed E-state index contributed by atoms with van der Waals surface area (Å²) in [6.07, 6.45) is 4.34. The Balaban J connectivity index is 2.00. The molecular weight excluding hydrogens is 271 g/mol. The van der Waals surface area contributed by atoms with E-state index in [1.165, 1.54) is 0 Å². The second-order valence-corrected chi connectivity index (χ2v) is 5.76. The van der Waals surface area contributed by atoms with Crippen molar-refractivity contribution in [2.45, 2.75) is 37.6 Å². The molecule has 1 aliphatic carbocycles. The first-order valence-corrected chi connectivity index (χ1v) is 6.78. The van der Waals surface area contributed by atoms with E-state index in [1.807, 2.05) is 0 Å². The second-order valence-electron chi connectivity index (χ2n) is 4.92. The predicted molar refractivity (Wildman–Crippen MR) is 75.1 cm³/mol. The summed E-state index contributed by atoms with van der Waals surface area (Å²) in [6, 6.07) is 4.98. The summed E-state index contributed by atoms with van der Waals surface area (Å²) in [6.45, 7) is 0.